The fraction of sp³-hybridized carbons (Fsp3) is 0.467. The second-order valence-corrected chi connectivity index (χ2v) is 5.02. The Morgan fingerprint density at radius 2 is 1.80 bits per heavy atom. The summed E-state index contributed by atoms with van der Waals surface area (Å²) in [5.74, 6) is 0.0255. The third kappa shape index (κ3) is 3.81. The van der Waals surface area contributed by atoms with Crippen molar-refractivity contribution in [2.75, 3.05) is 25.0 Å². The molecular weight excluding hydrogens is 254 g/mol. The number of nitrogens with two attached hydrogens (primary N) is 1. The van der Waals surface area contributed by atoms with E-state index in [2.05, 4.69) is 5.32 Å². The molecule has 0 aliphatic carbocycles. The molecule has 0 bridgehead atoms. The molecule has 2 amide bonds. The molecule has 1 aliphatic rings. The molecule has 1 aromatic rings. The summed E-state index contributed by atoms with van der Waals surface area (Å²) in [7, 11) is 0. The van der Waals surface area contributed by atoms with Gasteiger partial charge in [0, 0.05) is 30.8 Å². The van der Waals surface area contributed by atoms with Crippen LogP contribution in [-0.4, -0.2) is 36.3 Å². The highest BCUT2D eigenvalue weighted by molar-refractivity contribution is 5.95. The number of anilines is 1. The highest BCUT2D eigenvalue weighted by Crippen LogP contribution is 2.15. The molecule has 1 saturated heterocycles. The summed E-state index contributed by atoms with van der Waals surface area (Å²) in [6.45, 7) is 2.20. The normalized spacial score (nSPS) is 14.3. The summed E-state index contributed by atoms with van der Waals surface area (Å²) in [6.07, 6.45) is 3.27. The maximum Gasteiger partial charge on any atom is 0.253 e. The smallest absolute Gasteiger partial charge is 0.253 e. The molecule has 0 radical (unpaired) electrons. The van der Waals surface area contributed by atoms with Gasteiger partial charge in [0.25, 0.3) is 5.91 Å². The number of hydrogen-bond donors (Lipinski definition) is 2. The number of likely N-dealkylation sites (tertiary alicyclic amines) is 1. The molecule has 1 aliphatic heterocycles. The number of nitrogens with one attached hydrogen (secondary N) is 1. The Balaban J connectivity index is 1.92. The van der Waals surface area contributed by atoms with E-state index in [9.17, 15) is 9.59 Å². The summed E-state index contributed by atoms with van der Waals surface area (Å²) in [6, 6.07) is 7.06. The van der Waals surface area contributed by atoms with Gasteiger partial charge in [-0.3, -0.25) is 9.59 Å². The lowest BCUT2D eigenvalue weighted by molar-refractivity contribution is -0.116. The van der Waals surface area contributed by atoms with E-state index in [0.29, 0.717) is 30.6 Å². The standard InChI is InChI=1S/C15H21N3O2/c16-9-3-4-14(19)17-13-7-5-12(6-8-13)15(20)18-10-1-2-11-18/h5-8H,1-4,9-11,16H2,(H,17,19). The Morgan fingerprint density at radius 3 is 2.40 bits per heavy atom. The van der Waals surface area contributed by atoms with Crippen molar-refractivity contribution >= 4 is 17.5 Å². The molecule has 0 spiro atoms. The second kappa shape index (κ2) is 7.05. The number of rotatable bonds is 5. The highest BCUT2D eigenvalue weighted by Gasteiger charge is 2.19. The van der Waals surface area contributed by atoms with Crippen LogP contribution in [0, 0.1) is 0 Å². The van der Waals surface area contributed by atoms with Crippen molar-refractivity contribution in [3.05, 3.63) is 29.8 Å². The predicted molar refractivity (Wildman–Crippen MR) is 78.5 cm³/mol. The largest absolute Gasteiger partial charge is 0.339 e. The molecule has 0 unspecified atom stereocenters. The first-order chi connectivity index (χ1) is 9.70. The van der Waals surface area contributed by atoms with E-state index in [-0.39, 0.29) is 11.8 Å². The minimum Gasteiger partial charge on any atom is -0.339 e. The van der Waals surface area contributed by atoms with E-state index in [1.165, 1.54) is 0 Å². The van der Waals surface area contributed by atoms with Gasteiger partial charge in [-0.1, -0.05) is 0 Å². The van der Waals surface area contributed by atoms with Crippen LogP contribution >= 0.6 is 0 Å². The summed E-state index contributed by atoms with van der Waals surface area (Å²) in [5, 5.41) is 2.79. The van der Waals surface area contributed by atoms with Crippen LogP contribution in [0.15, 0.2) is 24.3 Å². The second-order valence-electron chi connectivity index (χ2n) is 5.02. The zero-order valence-electron chi connectivity index (χ0n) is 11.6. The van der Waals surface area contributed by atoms with Gasteiger partial charge in [-0.15, -0.1) is 0 Å². The summed E-state index contributed by atoms with van der Waals surface area (Å²) < 4.78 is 0. The highest BCUT2D eigenvalue weighted by atomic mass is 16.2. The van der Waals surface area contributed by atoms with Gasteiger partial charge in [-0.05, 0) is 50.1 Å². The topological polar surface area (TPSA) is 75.4 Å². The Hall–Kier alpha value is -1.88. The molecule has 5 nitrogen and oxygen atoms in total. The molecule has 1 aromatic carbocycles. The lowest BCUT2D eigenvalue weighted by atomic mass is 10.2. The van der Waals surface area contributed by atoms with Gasteiger partial charge in [0.1, 0.15) is 0 Å². The maximum absolute atomic E-state index is 12.1. The quantitative estimate of drug-likeness (QED) is 0.857. The summed E-state index contributed by atoms with van der Waals surface area (Å²) in [5.41, 5.74) is 6.75. The Bertz CT molecular complexity index is 465. The monoisotopic (exact) mass is 275 g/mol. The van der Waals surface area contributed by atoms with Gasteiger partial charge in [0.2, 0.25) is 5.91 Å². The van der Waals surface area contributed by atoms with Crippen molar-refractivity contribution in [3.8, 4) is 0 Å². The molecule has 0 saturated carbocycles. The molecule has 0 aromatic heterocycles. The molecule has 108 valence electrons. The van der Waals surface area contributed by atoms with E-state index in [1.807, 2.05) is 4.90 Å². The third-order valence-electron chi connectivity index (χ3n) is 3.42. The van der Waals surface area contributed by atoms with E-state index >= 15 is 0 Å². The average molecular weight is 275 g/mol. The fourth-order valence-electron chi connectivity index (χ4n) is 2.29. The minimum absolute atomic E-state index is 0.0472. The number of carbonyl (C=O) groups excluding carboxylic acids is 2. The van der Waals surface area contributed by atoms with Crippen molar-refractivity contribution < 1.29 is 9.59 Å². The van der Waals surface area contributed by atoms with Crippen molar-refractivity contribution in [2.24, 2.45) is 5.73 Å². The van der Waals surface area contributed by atoms with Gasteiger partial charge in [0.15, 0.2) is 0 Å². The van der Waals surface area contributed by atoms with Crippen molar-refractivity contribution in [1.29, 1.82) is 0 Å². The van der Waals surface area contributed by atoms with Gasteiger partial charge >= 0.3 is 0 Å². The van der Waals surface area contributed by atoms with Crippen LogP contribution in [0.1, 0.15) is 36.0 Å². The van der Waals surface area contributed by atoms with Gasteiger partial charge in [-0.2, -0.15) is 0 Å². The van der Waals surface area contributed by atoms with Gasteiger partial charge in [-0.25, -0.2) is 0 Å². The average Bonchev–Trinajstić information content (AvgIpc) is 2.99. The molecule has 0 atom stereocenters. The number of nitrogens with zero attached hydrogens (tertiary/aromatic N) is 1. The van der Waals surface area contributed by atoms with E-state index in [4.69, 9.17) is 5.73 Å². The summed E-state index contributed by atoms with van der Waals surface area (Å²) >= 11 is 0. The predicted octanol–water partition coefficient (Wildman–Crippen LogP) is 1.60. The zero-order valence-corrected chi connectivity index (χ0v) is 11.6. The van der Waals surface area contributed by atoms with Crippen LogP contribution in [-0.2, 0) is 4.79 Å². The third-order valence-corrected chi connectivity index (χ3v) is 3.42. The van der Waals surface area contributed by atoms with E-state index in [0.717, 1.165) is 25.9 Å². The van der Waals surface area contributed by atoms with E-state index in [1.54, 1.807) is 24.3 Å². The zero-order chi connectivity index (χ0) is 14.4. The Morgan fingerprint density at radius 1 is 1.15 bits per heavy atom. The molecular formula is C15H21N3O2. The van der Waals surface area contributed by atoms with Crippen molar-refractivity contribution in [2.45, 2.75) is 25.7 Å². The molecule has 5 heteroatoms. The first-order valence-corrected chi connectivity index (χ1v) is 7.10. The molecule has 20 heavy (non-hydrogen) atoms. The SMILES string of the molecule is NCCCC(=O)Nc1ccc(C(=O)N2CCCC2)cc1. The first-order valence-electron chi connectivity index (χ1n) is 7.10. The Kier molecular flexibility index (Phi) is 5.12. The molecule has 1 fully saturated rings. The maximum atomic E-state index is 12.1. The minimum atomic E-state index is -0.0472. The van der Waals surface area contributed by atoms with Crippen LogP contribution < -0.4 is 11.1 Å². The number of amides is 2. The van der Waals surface area contributed by atoms with Crippen LogP contribution in [0.5, 0.6) is 0 Å². The number of hydrogen-bond acceptors (Lipinski definition) is 3. The number of benzene rings is 1. The van der Waals surface area contributed by atoms with Gasteiger partial charge < -0.3 is 16.0 Å². The summed E-state index contributed by atoms with van der Waals surface area (Å²) in [4.78, 5) is 25.6. The molecule has 1 heterocycles. The van der Waals surface area contributed by atoms with Crippen LogP contribution in [0.25, 0.3) is 0 Å². The molecule has 2 rings (SSSR count). The van der Waals surface area contributed by atoms with Crippen LogP contribution in [0.3, 0.4) is 0 Å². The van der Waals surface area contributed by atoms with Crippen LogP contribution in [0.2, 0.25) is 0 Å². The first kappa shape index (κ1) is 14.5. The lowest BCUT2D eigenvalue weighted by Crippen LogP contribution is -2.27. The van der Waals surface area contributed by atoms with Crippen LogP contribution in [0.4, 0.5) is 5.69 Å². The number of carbonyl (C=O) groups is 2. The van der Waals surface area contributed by atoms with Crippen molar-refractivity contribution in [1.82, 2.24) is 4.90 Å². The van der Waals surface area contributed by atoms with Crippen molar-refractivity contribution in [3.63, 3.8) is 0 Å². The van der Waals surface area contributed by atoms with E-state index < -0.39 is 0 Å². The Labute approximate surface area is 119 Å². The lowest BCUT2D eigenvalue weighted by Gasteiger charge is -2.15. The van der Waals surface area contributed by atoms with Gasteiger partial charge in [0.05, 0.1) is 0 Å². The molecule has 3 N–H and O–H groups in total. The fourth-order valence-corrected chi connectivity index (χ4v) is 2.29.